The van der Waals surface area contributed by atoms with E-state index in [1.165, 1.54) is 13.2 Å². The molecule has 0 bridgehead atoms. The molecule has 3 rings (SSSR count). The second-order valence-corrected chi connectivity index (χ2v) is 7.41. The van der Waals surface area contributed by atoms with Gasteiger partial charge in [0.2, 0.25) is 0 Å². The van der Waals surface area contributed by atoms with Crippen molar-refractivity contribution in [3.8, 4) is 5.75 Å². The number of benzene rings is 1. The number of hydrogen-bond donors (Lipinski definition) is 1. The van der Waals surface area contributed by atoms with Crippen LogP contribution in [0.25, 0.3) is 0 Å². The van der Waals surface area contributed by atoms with Gasteiger partial charge in [-0.2, -0.15) is 0 Å². The summed E-state index contributed by atoms with van der Waals surface area (Å²) in [6, 6.07) is 3.02. The molecule has 1 atom stereocenters. The van der Waals surface area contributed by atoms with E-state index in [9.17, 15) is 12.8 Å². The van der Waals surface area contributed by atoms with E-state index in [0.717, 1.165) is 5.69 Å². The summed E-state index contributed by atoms with van der Waals surface area (Å²) in [7, 11) is -1.52. The Morgan fingerprint density at radius 3 is 2.90 bits per heavy atom. The largest absolute Gasteiger partial charge is 0.494 e. The van der Waals surface area contributed by atoms with Crippen molar-refractivity contribution in [1.82, 2.24) is 0 Å². The van der Waals surface area contributed by atoms with Crippen molar-refractivity contribution < 1.29 is 17.5 Å². The molecule has 0 radical (unpaired) electrons. The first-order valence-electron chi connectivity index (χ1n) is 6.58. The van der Waals surface area contributed by atoms with Gasteiger partial charge in [-0.1, -0.05) is 0 Å². The number of nitrogens with one attached hydrogen (secondary N) is 1. The first-order valence-corrected chi connectivity index (χ1v) is 8.41. The highest BCUT2D eigenvalue weighted by Gasteiger charge is 2.34. The van der Waals surface area contributed by atoms with Gasteiger partial charge in [0, 0.05) is 31.3 Å². The van der Waals surface area contributed by atoms with Gasteiger partial charge in [-0.05, 0) is 6.42 Å². The van der Waals surface area contributed by atoms with Gasteiger partial charge in [-0.15, -0.1) is 0 Å². The third kappa shape index (κ3) is 2.30. The van der Waals surface area contributed by atoms with Gasteiger partial charge in [0.15, 0.2) is 21.4 Å². The summed E-state index contributed by atoms with van der Waals surface area (Å²) >= 11 is 0. The number of nitrogens with zero attached hydrogens (tertiary/aromatic N) is 1. The quantitative estimate of drug-likeness (QED) is 0.891. The lowest BCUT2D eigenvalue weighted by atomic mass is 10.1. The monoisotopic (exact) mass is 300 g/mol. The second-order valence-electron chi connectivity index (χ2n) is 5.18. The number of fused-ring (bicyclic) bond motifs is 1. The highest BCUT2D eigenvalue weighted by Crippen LogP contribution is 2.37. The summed E-state index contributed by atoms with van der Waals surface area (Å²) < 4.78 is 42.0. The van der Waals surface area contributed by atoms with Gasteiger partial charge in [0.25, 0.3) is 0 Å². The van der Waals surface area contributed by atoms with Gasteiger partial charge in [0.1, 0.15) is 0 Å². The Hall–Kier alpha value is -1.50. The zero-order chi connectivity index (χ0) is 14.3. The summed E-state index contributed by atoms with van der Waals surface area (Å²) in [5.41, 5.74) is 1.51. The van der Waals surface area contributed by atoms with Gasteiger partial charge in [0.05, 0.1) is 30.0 Å². The minimum absolute atomic E-state index is 0.0315. The third-order valence-electron chi connectivity index (χ3n) is 3.90. The summed E-state index contributed by atoms with van der Waals surface area (Å²) in [5.74, 6) is 0.166. The van der Waals surface area contributed by atoms with Gasteiger partial charge < -0.3 is 15.0 Å². The van der Waals surface area contributed by atoms with Gasteiger partial charge in [-0.25, -0.2) is 12.8 Å². The highest BCUT2D eigenvalue weighted by atomic mass is 32.2. The van der Waals surface area contributed by atoms with Crippen molar-refractivity contribution in [2.75, 3.05) is 41.9 Å². The van der Waals surface area contributed by atoms with Crippen LogP contribution in [-0.4, -0.2) is 46.2 Å². The van der Waals surface area contributed by atoms with Crippen molar-refractivity contribution >= 4 is 21.2 Å². The molecule has 110 valence electrons. The normalized spacial score (nSPS) is 24.1. The Morgan fingerprint density at radius 2 is 2.25 bits per heavy atom. The average Bonchev–Trinajstić information content (AvgIpc) is 2.77. The van der Waals surface area contributed by atoms with E-state index in [1.54, 1.807) is 6.07 Å². The molecular formula is C13H17FN2O3S. The summed E-state index contributed by atoms with van der Waals surface area (Å²) in [5, 5.41) is 3.14. The molecule has 2 aliphatic heterocycles. The van der Waals surface area contributed by atoms with Crippen LogP contribution in [0.4, 0.5) is 15.8 Å². The number of anilines is 2. The third-order valence-corrected chi connectivity index (χ3v) is 5.65. The minimum Gasteiger partial charge on any atom is -0.494 e. The van der Waals surface area contributed by atoms with E-state index in [4.69, 9.17) is 4.74 Å². The average molecular weight is 300 g/mol. The Labute approximate surface area is 117 Å². The van der Waals surface area contributed by atoms with Crippen molar-refractivity contribution in [1.29, 1.82) is 0 Å². The van der Waals surface area contributed by atoms with Crippen LogP contribution in [0, 0.1) is 5.82 Å². The fraction of sp³-hybridized carbons (Fsp3) is 0.538. The number of halogens is 1. The molecule has 2 heterocycles. The van der Waals surface area contributed by atoms with E-state index < -0.39 is 15.7 Å². The Balaban J connectivity index is 1.97. The smallest absolute Gasteiger partial charge is 0.167 e. The standard InChI is InChI=1S/C13H17FN2O3S/c1-19-13-7-12-11(6-10(13)14)15-3-4-16(12)9-2-5-20(17,18)8-9/h6-7,9,15H,2-5,8H2,1H3. The van der Waals surface area contributed by atoms with Gasteiger partial charge in [-0.3, -0.25) is 0 Å². The Bertz CT molecular complexity index is 633. The SMILES string of the molecule is COc1cc2c(cc1F)NCCN2C1CCS(=O)(=O)C1. The molecule has 1 saturated heterocycles. The number of ether oxygens (including phenoxy) is 1. The van der Waals surface area contributed by atoms with Crippen LogP contribution in [-0.2, 0) is 9.84 Å². The second kappa shape index (κ2) is 4.80. The Morgan fingerprint density at radius 1 is 1.45 bits per heavy atom. The molecule has 0 spiro atoms. The maximum atomic E-state index is 13.7. The fourth-order valence-corrected chi connectivity index (χ4v) is 4.64. The van der Waals surface area contributed by atoms with Crippen LogP contribution < -0.4 is 15.0 Å². The maximum absolute atomic E-state index is 13.7. The fourth-order valence-electron chi connectivity index (χ4n) is 2.91. The van der Waals surface area contributed by atoms with Gasteiger partial charge >= 0.3 is 0 Å². The van der Waals surface area contributed by atoms with E-state index in [2.05, 4.69) is 10.2 Å². The molecule has 1 N–H and O–H groups in total. The lowest BCUT2D eigenvalue weighted by Gasteiger charge is -2.36. The molecule has 0 aliphatic carbocycles. The number of sulfone groups is 1. The summed E-state index contributed by atoms with van der Waals surface area (Å²) in [6.45, 7) is 1.39. The molecule has 5 nitrogen and oxygen atoms in total. The lowest BCUT2D eigenvalue weighted by molar-refractivity contribution is 0.386. The molecule has 2 aliphatic rings. The lowest BCUT2D eigenvalue weighted by Crippen LogP contribution is -2.42. The van der Waals surface area contributed by atoms with Crippen molar-refractivity contribution in [3.05, 3.63) is 17.9 Å². The molecule has 1 fully saturated rings. The van der Waals surface area contributed by atoms with Crippen molar-refractivity contribution in [3.63, 3.8) is 0 Å². The zero-order valence-electron chi connectivity index (χ0n) is 11.2. The first-order chi connectivity index (χ1) is 9.50. The van der Waals surface area contributed by atoms with Crippen LogP contribution in [0.3, 0.4) is 0 Å². The number of hydrogen-bond acceptors (Lipinski definition) is 5. The molecule has 0 amide bonds. The topological polar surface area (TPSA) is 58.6 Å². The molecule has 7 heteroatoms. The molecule has 1 aromatic carbocycles. The van der Waals surface area contributed by atoms with Crippen molar-refractivity contribution in [2.24, 2.45) is 0 Å². The minimum atomic E-state index is -2.94. The van der Waals surface area contributed by atoms with Crippen LogP contribution in [0.1, 0.15) is 6.42 Å². The first kappa shape index (κ1) is 13.5. The zero-order valence-corrected chi connectivity index (χ0v) is 12.0. The number of methoxy groups -OCH3 is 1. The van der Waals surface area contributed by atoms with E-state index >= 15 is 0 Å². The van der Waals surface area contributed by atoms with E-state index in [1.807, 2.05) is 0 Å². The van der Waals surface area contributed by atoms with Crippen LogP contribution in [0.15, 0.2) is 12.1 Å². The molecule has 0 aromatic heterocycles. The summed E-state index contributed by atoms with van der Waals surface area (Å²) in [4.78, 5) is 2.05. The Kier molecular flexibility index (Phi) is 3.24. The summed E-state index contributed by atoms with van der Waals surface area (Å²) in [6.07, 6.45) is 0.626. The maximum Gasteiger partial charge on any atom is 0.167 e. The molecule has 0 saturated carbocycles. The van der Waals surface area contributed by atoms with Crippen LogP contribution in [0.5, 0.6) is 5.75 Å². The van der Waals surface area contributed by atoms with Crippen LogP contribution >= 0.6 is 0 Å². The predicted molar refractivity (Wildman–Crippen MR) is 75.8 cm³/mol. The molecule has 1 aromatic rings. The van der Waals surface area contributed by atoms with Crippen molar-refractivity contribution in [2.45, 2.75) is 12.5 Å². The van der Waals surface area contributed by atoms with E-state index in [0.29, 0.717) is 25.2 Å². The molecule has 20 heavy (non-hydrogen) atoms. The predicted octanol–water partition coefficient (Wildman–Crippen LogP) is 1.25. The molecule has 1 unspecified atom stereocenters. The highest BCUT2D eigenvalue weighted by molar-refractivity contribution is 7.91. The molecular weight excluding hydrogens is 283 g/mol. The van der Waals surface area contributed by atoms with E-state index in [-0.39, 0.29) is 23.3 Å². The van der Waals surface area contributed by atoms with Crippen LogP contribution in [0.2, 0.25) is 0 Å². The number of rotatable bonds is 2.